The molecule has 1 rings (SSSR count). The SMILES string of the molecule is Cc1ncoc1NC=O. The van der Waals surface area contributed by atoms with Crippen molar-refractivity contribution in [1.29, 1.82) is 0 Å². The molecular formula is C5H6N2O2. The molecule has 0 aliphatic heterocycles. The van der Waals surface area contributed by atoms with Gasteiger partial charge in [-0.1, -0.05) is 0 Å². The van der Waals surface area contributed by atoms with Gasteiger partial charge in [0.05, 0.1) is 0 Å². The monoisotopic (exact) mass is 126 g/mol. The summed E-state index contributed by atoms with van der Waals surface area (Å²) in [6, 6.07) is 0. The van der Waals surface area contributed by atoms with Crippen LogP contribution in [0.1, 0.15) is 5.69 Å². The van der Waals surface area contributed by atoms with Crippen molar-refractivity contribution >= 4 is 12.3 Å². The van der Waals surface area contributed by atoms with E-state index >= 15 is 0 Å². The Bertz CT molecular complexity index is 206. The highest BCUT2D eigenvalue weighted by Crippen LogP contribution is 2.09. The largest absolute Gasteiger partial charge is 0.427 e. The van der Waals surface area contributed by atoms with Crippen molar-refractivity contribution in [2.75, 3.05) is 5.32 Å². The minimum atomic E-state index is 0.407. The van der Waals surface area contributed by atoms with E-state index in [1.165, 1.54) is 6.39 Å². The average Bonchev–Trinajstić information content (AvgIpc) is 2.18. The first-order valence-corrected chi connectivity index (χ1v) is 2.45. The number of carbonyl (C=O) groups excluding carboxylic acids is 1. The number of oxazole rings is 1. The third-order valence-electron chi connectivity index (χ3n) is 0.936. The fourth-order valence-corrected chi connectivity index (χ4v) is 0.494. The van der Waals surface area contributed by atoms with Gasteiger partial charge >= 0.3 is 0 Å². The summed E-state index contributed by atoms with van der Waals surface area (Å²) >= 11 is 0. The van der Waals surface area contributed by atoms with Crippen molar-refractivity contribution in [2.45, 2.75) is 6.92 Å². The van der Waals surface area contributed by atoms with Crippen LogP contribution in [0.15, 0.2) is 10.8 Å². The van der Waals surface area contributed by atoms with Crippen molar-refractivity contribution in [3.05, 3.63) is 12.1 Å². The van der Waals surface area contributed by atoms with Crippen LogP contribution in [0.3, 0.4) is 0 Å². The van der Waals surface area contributed by atoms with E-state index in [9.17, 15) is 4.79 Å². The highest BCUT2D eigenvalue weighted by atomic mass is 16.4. The molecule has 1 aromatic rings. The molecule has 0 radical (unpaired) electrons. The zero-order valence-corrected chi connectivity index (χ0v) is 4.92. The fourth-order valence-electron chi connectivity index (χ4n) is 0.494. The Hall–Kier alpha value is -1.32. The Balaban J connectivity index is 2.80. The maximum Gasteiger partial charge on any atom is 0.222 e. The molecule has 4 nitrogen and oxygen atoms in total. The zero-order valence-electron chi connectivity index (χ0n) is 4.92. The van der Waals surface area contributed by atoms with Crippen molar-refractivity contribution in [2.24, 2.45) is 0 Å². The van der Waals surface area contributed by atoms with Gasteiger partial charge in [0.25, 0.3) is 0 Å². The lowest BCUT2D eigenvalue weighted by Crippen LogP contribution is -1.92. The lowest BCUT2D eigenvalue weighted by molar-refractivity contribution is -0.105. The number of hydrogen-bond acceptors (Lipinski definition) is 3. The maximum absolute atomic E-state index is 9.83. The summed E-state index contributed by atoms with van der Waals surface area (Å²) < 4.78 is 4.75. The minimum absolute atomic E-state index is 0.407. The smallest absolute Gasteiger partial charge is 0.222 e. The normalized spacial score (nSPS) is 9.00. The van der Waals surface area contributed by atoms with Crippen molar-refractivity contribution < 1.29 is 9.21 Å². The van der Waals surface area contributed by atoms with Crippen LogP contribution in [0, 0.1) is 6.92 Å². The molecule has 0 saturated heterocycles. The second-order valence-electron chi connectivity index (χ2n) is 1.53. The maximum atomic E-state index is 9.83. The minimum Gasteiger partial charge on any atom is -0.427 e. The summed E-state index contributed by atoms with van der Waals surface area (Å²) in [6.45, 7) is 1.75. The second-order valence-corrected chi connectivity index (χ2v) is 1.53. The molecule has 0 aliphatic carbocycles. The van der Waals surface area contributed by atoms with E-state index in [0.29, 0.717) is 18.0 Å². The molecule has 0 atom stereocenters. The van der Waals surface area contributed by atoms with E-state index in [2.05, 4.69) is 10.3 Å². The first-order valence-electron chi connectivity index (χ1n) is 2.45. The van der Waals surface area contributed by atoms with E-state index in [1.807, 2.05) is 0 Å². The van der Waals surface area contributed by atoms with E-state index < -0.39 is 0 Å². The topological polar surface area (TPSA) is 55.1 Å². The molecule has 0 aromatic carbocycles. The third kappa shape index (κ3) is 1.07. The predicted molar refractivity (Wildman–Crippen MR) is 30.9 cm³/mol. The summed E-state index contributed by atoms with van der Waals surface area (Å²) in [7, 11) is 0. The van der Waals surface area contributed by atoms with E-state index in [-0.39, 0.29) is 0 Å². The highest BCUT2D eigenvalue weighted by molar-refractivity contribution is 5.68. The molecule has 0 spiro atoms. The average molecular weight is 126 g/mol. The highest BCUT2D eigenvalue weighted by Gasteiger charge is 1.98. The Morgan fingerprint density at radius 2 is 2.67 bits per heavy atom. The van der Waals surface area contributed by atoms with E-state index in [4.69, 9.17) is 4.42 Å². The number of aryl methyl sites for hydroxylation is 1. The summed E-state index contributed by atoms with van der Waals surface area (Å²) in [5.41, 5.74) is 0.683. The summed E-state index contributed by atoms with van der Waals surface area (Å²) in [5.74, 6) is 0.407. The Morgan fingerprint density at radius 1 is 1.89 bits per heavy atom. The zero-order chi connectivity index (χ0) is 6.69. The number of amides is 1. The predicted octanol–water partition coefficient (Wildman–Crippen LogP) is 0.551. The molecule has 0 aliphatic rings. The van der Waals surface area contributed by atoms with Gasteiger partial charge in [0.15, 0.2) is 6.39 Å². The quantitative estimate of drug-likeness (QED) is 0.589. The van der Waals surface area contributed by atoms with Crippen LogP contribution >= 0.6 is 0 Å². The molecule has 1 heterocycles. The first-order chi connectivity index (χ1) is 4.34. The molecule has 1 amide bonds. The lowest BCUT2D eigenvalue weighted by atomic mass is 10.5. The van der Waals surface area contributed by atoms with Gasteiger partial charge in [-0.3, -0.25) is 10.1 Å². The molecule has 0 bridgehead atoms. The van der Waals surface area contributed by atoms with Gasteiger partial charge in [-0.25, -0.2) is 4.98 Å². The molecule has 0 fully saturated rings. The second kappa shape index (κ2) is 2.30. The van der Waals surface area contributed by atoms with Crippen molar-refractivity contribution in [3.63, 3.8) is 0 Å². The van der Waals surface area contributed by atoms with Crippen LogP contribution in [0.2, 0.25) is 0 Å². The van der Waals surface area contributed by atoms with Gasteiger partial charge in [0.1, 0.15) is 5.69 Å². The van der Waals surface area contributed by atoms with Gasteiger partial charge in [0, 0.05) is 0 Å². The molecule has 9 heavy (non-hydrogen) atoms. The number of nitrogens with one attached hydrogen (secondary N) is 1. The Morgan fingerprint density at radius 3 is 3.11 bits per heavy atom. The van der Waals surface area contributed by atoms with E-state index in [1.54, 1.807) is 6.92 Å². The number of hydrogen-bond donors (Lipinski definition) is 1. The number of nitrogens with zero attached hydrogens (tertiary/aromatic N) is 1. The van der Waals surface area contributed by atoms with Gasteiger partial charge < -0.3 is 4.42 Å². The van der Waals surface area contributed by atoms with E-state index in [0.717, 1.165) is 0 Å². The number of aromatic nitrogens is 1. The standard InChI is InChI=1S/C5H6N2O2/c1-4-5(6-2-8)9-3-7-4/h2-3H,1H3,(H,6,8). The van der Waals surface area contributed by atoms with Crippen LogP contribution in [-0.4, -0.2) is 11.4 Å². The van der Waals surface area contributed by atoms with Crippen molar-refractivity contribution in [3.8, 4) is 0 Å². The lowest BCUT2D eigenvalue weighted by Gasteiger charge is -1.88. The summed E-state index contributed by atoms with van der Waals surface area (Å²) in [4.78, 5) is 13.6. The van der Waals surface area contributed by atoms with Crippen molar-refractivity contribution in [1.82, 2.24) is 4.98 Å². The van der Waals surface area contributed by atoms with Gasteiger partial charge in [-0.05, 0) is 6.92 Å². The molecule has 1 aromatic heterocycles. The van der Waals surface area contributed by atoms with Crippen LogP contribution in [-0.2, 0) is 4.79 Å². The number of rotatable bonds is 2. The molecule has 0 unspecified atom stereocenters. The van der Waals surface area contributed by atoms with Crippen LogP contribution < -0.4 is 5.32 Å². The Labute approximate surface area is 51.9 Å². The van der Waals surface area contributed by atoms with Gasteiger partial charge in [-0.2, -0.15) is 0 Å². The third-order valence-corrected chi connectivity index (χ3v) is 0.936. The summed E-state index contributed by atoms with van der Waals surface area (Å²) in [5, 5.41) is 2.35. The summed E-state index contributed by atoms with van der Waals surface area (Å²) in [6.07, 6.45) is 1.83. The van der Waals surface area contributed by atoms with Gasteiger partial charge in [-0.15, -0.1) is 0 Å². The number of carbonyl (C=O) groups is 1. The number of anilines is 1. The van der Waals surface area contributed by atoms with Gasteiger partial charge in [0.2, 0.25) is 12.3 Å². The first kappa shape index (κ1) is 5.81. The molecule has 0 saturated carbocycles. The Kier molecular flexibility index (Phi) is 1.48. The fraction of sp³-hybridized carbons (Fsp3) is 0.200. The van der Waals surface area contributed by atoms with Crippen LogP contribution in [0.5, 0.6) is 0 Å². The van der Waals surface area contributed by atoms with Crippen LogP contribution in [0.4, 0.5) is 5.88 Å². The van der Waals surface area contributed by atoms with Crippen LogP contribution in [0.25, 0.3) is 0 Å². The molecule has 4 heteroatoms. The molecular weight excluding hydrogens is 120 g/mol. The molecule has 48 valence electrons. The molecule has 1 N–H and O–H groups in total.